The molecule has 108 valence electrons. The molecule has 0 heterocycles. The summed E-state index contributed by atoms with van der Waals surface area (Å²) in [4.78, 5) is 1.42. The summed E-state index contributed by atoms with van der Waals surface area (Å²) in [6.45, 7) is 6.05. The van der Waals surface area contributed by atoms with E-state index in [9.17, 15) is 10.2 Å². The molecule has 2 rings (SSSR count). The number of benzene rings is 2. The van der Waals surface area contributed by atoms with Crippen molar-refractivity contribution in [3.63, 3.8) is 0 Å². The molecule has 0 spiro atoms. The first-order chi connectivity index (χ1) is 9.51. The fraction of sp³-hybridized carbons (Fsp3) is 0.294. The maximum Gasteiger partial charge on any atom is 0.126 e. The molecule has 2 nitrogen and oxygen atoms in total. The van der Waals surface area contributed by atoms with E-state index in [4.69, 9.17) is 0 Å². The van der Waals surface area contributed by atoms with Crippen LogP contribution in [0.2, 0.25) is 0 Å². The molecule has 0 amide bonds. The van der Waals surface area contributed by atoms with Crippen LogP contribution in [-0.4, -0.2) is 16.5 Å². The Bertz CT molecular complexity index is 603. The van der Waals surface area contributed by atoms with E-state index < -0.39 is 0 Å². The summed E-state index contributed by atoms with van der Waals surface area (Å²) in [5.41, 5.74) is 0.691. The quantitative estimate of drug-likeness (QED) is 0.745. The maximum absolute atomic E-state index is 9.67. The second-order valence-electron chi connectivity index (χ2n) is 4.53. The summed E-state index contributed by atoms with van der Waals surface area (Å²) < 4.78 is 0. The highest BCUT2D eigenvalue weighted by Gasteiger charge is 2.06. The summed E-state index contributed by atoms with van der Waals surface area (Å²) in [6, 6.07) is 8.80. The van der Waals surface area contributed by atoms with Gasteiger partial charge in [0.05, 0.1) is 0 Å². The Labute approximate surface area is 125 Å². The summed E-state index contributed by atoms with van der Waals surface area (Å²) in [6.07, 6.45) is 5.48. The van der Waals surface area contributed by atoms with Gasteiger partial charge in [-0.05, 0) is 43.1 Å². The lowest BCUT2D eigenvalue weighted by Crippen LogP contribution is -1.79. The van der Waals surface area contributed by atoms with Crippen molar-refractivity contribution >= 4 is 22.5 Å². The molecule has 0 saturated heterocycles. The smallest absolute Gasteiger partial charge is 0.126 e. The monoisotopic (exact) mass is 290 g/mol. The topological polar surface area (TPSA) is 40.5 Å². The zero-order chi connectivity index (χ0) is 15.1. The van der Waals surface area contributed by atoms with E-state index >= 15 is 0 Å². The number of fused-ring (bicyclic) bond motifs is 1. The minimum absolute atomic E-state index is 0.214. The highest BCUT2D eigenvalue weighted by atomic mass is 32.2. The third-order valence-corrected chi connectivity index (χ3v) is 3.81. The summed E-state index contributed by atoms with van der Waals surface area (Å²) in [7, 11) is 0. The van der Waals surface area contributed by atoms with E-state index in [1.165, 1.54) is 4.91 Å². The van der Waals surface area contributed by atoms with E-state index in [1.54, 1.807) is 25.1 Å². The Morgan fingerprint density at radius 1 is 1.20 bits per heavy atom. The van der Waals surface area contributed by atoms with Crippen molar-refractivity contribution in [2.75, 3.05) is 6.26 Å². The summed E-state index contributed by atoms with van der Waals surface area (Å²) in [5.74, 6) is 0.458. The van der Waals surface area contributed by atoms with E-state index in [1.807, 2.05) is 23.9 Å². The van der Waals surface area contributed by atoms with E-state index in [0.29, 0.717) is 16.3 Å². The minimum atomic E-state index is 0.214. The van der Waals surface area contributed by atoms with Gasteiger partial charge >= 0.3 is 0 Å². The molecule has 0 aliphatic rings. The lowest BCUT2D eigenvalue weighted by molar-refractivity contribution is 0.466. The van der Waals surface area contributed by atoms with E-state index in [0.717, 1.165) is 6.42 Å². The lowest BCUT2D eigenvalue weighted by Gasteiger charge is -2.05. The Morgan fingerprint density at radius 2 is 1.80 bits per heavy atom. The van der Waals surface area contributed by atoms with Gasteiger partial charge < -0.3 is 10.2 Å². The number of allylic oxidation sites excluding steroid dienone is 2. The van der Waals surface area contributed by atoms with Crippen LogP contribution in [0.25, 0.3) is 10.8 Å². The number of thioether (sulfide) groups is 1. The number of aromatic hydroxyl groups is 2. The van der Waals surface area contributed by atoms with Crippen LogP contribution in [-0.2, 0) is 0 Å². The van der Waals surface area contributed by atoms with Crippen LogP contribution in [0.15, 0.2) is 41.3 Å². The fourth-order valence-electron chi connectivity index (χ4n) is 1.85. The highest BCUT2D eigenvalue weighted by Crippen LogP contribution is 2.34. The van der Waals surface area contributed by atoms with E-state index in [-0.39, 0.29) is 11.5 Å². The third-order valence-electron chi connectivity index (χ3n) is 3.00. The van der Waals surface area contributed by atoms with Gasteiger partial charge in [-0.25, -0.2) is 0 Å². The van der Waals surface area contributed by atoms with Gasteiger partial charge in [-0.2, -0.15) is 0 Å². The predicted octanol–water partition coefficient (Wildman–Crippen LogP) is 5.22. The van der Waals surface area contributed by atoms with Crippen LogP contribution in [0.4, 0.5) is 0 Å². The first kappa shape index (κ1) is 16.4. The zero-order valence-electron chi connectivity index (χ0n) is 12.5. The third kappa shape index (κ3) is 4.20. The second-order valence-corrected chi connectivity index (χ2v) is 5.59. The zero-order valence-corrected chi connectivity index (χ0v) is 13.3. The van der Waals surface area contributed by atoms with Crippen molar-refractivity contribution in [2.24, 2.45) is 0 Å². The number of phenols is 2. The van der Waals surface area contributed by atoms with Crippen molar-refractivity contribution in [1.29, 1.82) is 0 Å². The van der Waals surface area contributed by atoms with Crippen LogP contribution in [0, 0.1) is 6.92 Å². The summed E-state index contributed by atoms with van der Waals surface area (Å²) >= 11 is 1.81. The fourth-order valence-corrected chi connectivity index (χ4v) is 2.18. The van der Waals surface area contributed by atoms with Crippen LogP contribution >= 0.6 is 11.8 Å². The van der Waals surface area contributed by atoms with Gasteiger partial charge in [0.2, 0.25) is 0 Å². The molecule has 2 N–H and O–H groups in total. The highest BCUT2D eigenvalue weighted by molar-refractivity contribution is 8.02. The Balaban J connectivity index is 0.000000246. The molecule has 0 aliphatic heterocycles. The van der Waals surface area contributed by atoms with Crippen LogP contribution in [0.1, 0.15) is 25.8 Å². The van der Waals surface area contributed by atoms with Gasteiger partial charge in [0.25, 0.3) is 0 Å². The standard InChI is InChI=1S/C11H10O2.C6H12S/c1-7-6-10(12)8-4-2-3-5-9(8)11(7)13;1-4-5-6(2)7-3/h2-6,12-13H,1H3;5H,4H2,1-3H3/b;6-5+. The molecule has 0 aromatic heterocycles. The normalized spacial score (nSPS) is 11.1. The van der Waals surface area contributed by atoms with Crippen molar-refractivity contribution < 1.29 is 10.2 Å². The average Bonchev–Trinajstić information content (AvgIpc) is 2.46. The molecule has 0 atom stereocenters. The van der Waals surface area contributed by atoms with Crippen molar-refractivity contribution in [1.82, 2.24) is 0 Å². The molecule has 3 heteroatoms. The molecule has 20 heavy (non-hydrogen) atoms. The van der Waals surface area contributed by atoms with Crippen LogP contribution in [0.5, 0.6) is 11.5 Å². The first-order valence-corrected chi connectivity index (χ1v) is 7.84. The molecule has 0 aliphatic carbocycles. The summed E-state index contributed by atoms with van der Waals surface area (Å²) in [5, 5.41) is 20.6. The number of hydrogen-bond donors (Lipinski definition) is 2. The number of phenolic OH excluding ortho intramolecular Hbond substituents is 2. The molecule has 2 aromatic carbocycles. The Kier molecular flexibility index (Phi) is 6.46. The van der Waals surface area contributed by atoms with Crippen molar-refractivity contribution in [3.8, 4) is 11.5 Å². The van der Waals surface area contributed by atoms with Gasteiger partial charge in [0.1, 0.15) is 11.5 Å². The lowest BCUT2D eigenvalue weighted by atomic mass is 10.1. The molecular weight excluding hydrogens is 268 g/mol. The largest absolute Gasteiger partial charge is 0.507 e. The SMILES string of the molecule is CC/C=C(\C)SC.Cc1cc(O)c2ccccc2c1O. The molecule has 0 saturated carbocycles. The van der Waals surface area contributed by atoms with E-state index in [2.05, 4.69) is 26.2 Å². The number of aryl methyl sites for hydroxylation is 1. The maximum atomic E-state index is 9.67. The van der Waals surface area contributed by atoms with Crippen molar-refractivity contribution in [2.45, 2.75) is 27.2 Å². The molecule has 0 unspecified atom stereocenters. The molecular formula is C17H22O2S. The molecule has 2 aromatic rings. The van der Waals surface area contributed by atoms with Gasteiger partial charge in [-0.3, -0.25) is 0 Å². The Hall–Kier alpha value is -1.61. The van der Waals surface area contributed by atoms with Crippen molar-refractivity contribution in [3.05, 3.63) is 46.9 Å². The molecule has 0 radical (unpaired) electrons. The molecule has 0 bridgehead atoms. The Morgan fingerprint density at radius 3 is 2.30 bits per heavy atom. The van der Waals surface area contributed by atoms with Crippen LogP contribution < -0.4 is 0 Å². The predicted molar refractivity (Wildman–Crippen MR) is 89.6 cm³/mol. The van der Waals surface area contributed by atoms with Gasteiger partial charge in [0, 0.05) is 10.8 Å². The number of rotatable bonds is 2. The second kappa shape index (κ2) is 7.85. The van der Waals surface area contributed by atoms with Gasteiger partial charge in [-0.15, -0.1) is 11.8 Å². The molecule has 0 fully saturated rings. The number of hydrogen-bond acceptors (Lipinski definition) is 3. The van der Waals surface area contributed by atoms with Gasteiger partial charge in [0.15, 0.2) is 0 Å². The van der Waals surface area contributed by atoms with Gasteiger partial charge in [-0.1, -0.05) is 37.3 Å². The average molecular weight is 290 g/mol. The first-order valence-electron chi connectivity index (χ1n) is 6.62. The van der Waals surface area contributed by atoms with Crippen LogP contribution in [0.3, 0.4) is 0 Å². The minimum Gasteiger partial charge on any atom is -0.507 e.